The Morgan fingerprint density at radius 1 is 1.17 bits per heavy atom. The lowest BCUT2D eigenvalue weighted by Gasteiger charge is -2.14. The Morgan fingerprint density at radius 2 is 1.92 bits per heavy atom. The van der Waals surface area contributed by atoms with Crippen molar-refractivity contribution in [3.05, 3.63) is 64.8 Å². The van der Waals surface area contributed by atoms with Crippen molar-refractivity contribution in [1.82, 2.24) is 9.97 Å². The summed E-state index contributed by atoms with van der Waals surface area (Å²) in [5.41, 5.74) is 2.47. The fourth-order valence-electron chi connectivity index (χ4n) is 2.57. The monoisotopic (exact) mass is 342 g/mol. The number of methoxy groups -OCH3 is 1. The van der Waals surface area contributed by atoms with Crippen LogP contribution in [0.2, 0.25) is 5.02 Å². The molecule has 24 heavy (non-hydrogen) atoms. The van der Waals surface area contributed by atoms with Gasteiger partial charge in [-0.15, -0.1) is 0 Å². The Bertz CT molecular complexity index is 884. The van der Waals surface area contributed by atoms with Gasteiger partial charge in [0, 0.05) is 11.4 Å². The van der Waals surface area contributed by atoms with E-state index in [1.54, 1.807) is 30.3 Å². The highest BCUT2D eigenvalue weighted by Crippen LogP contribution is 2.27. The van der Waals surface area contributed by atoms with E-state index in [-0.39, 0.29) is 6.42 Å². The molecule has 0 saturated carbocycles. The summed E-state index contributed by atoms with van der Waals surface area (Å²) in [5.74, 6) is -1.33. The van der Waals surface area contributed by atoms with Gasteiger partial charge in [0.25, 0.3) is 0 Å². The Kier molecular flexibility index (Phi) is 4.62. The van der Waals surface area contributed by atoms with E-state index in [0.29, 0.717) is 33.2 Å². The molecule has 1 unspecified atom stereocenters. The predicted octanol–water partition coefficient (Wildman–Crippen LogP) is 3.70. The second-order valence-corrected chi connectivity index (χ2v) is 5.75. The first-order valence-corrected chi connectivity index (χ1v) is 7.74. The minimum atomic E-state index is -0.916. The van der Waals surface area contributed by atoms with Gasteiger partial charge in [-0.3, -0.25) is 4.79 Å². The quantitative estimate of drug-likeness (QED) is 0.765. The summed E-state index contributed by atoms with van der Waals surface area (Å²) in [5, 5.41) is 10.1. The highest BCUT2D eigenvalue weighted by Gasteiger charge is 2.23. The highest BCUT2D eigenvalue weighted by molar-refractivity contribution is 6.31. The molecule has 1 N–H and O–H groups in total. The standard InChI is InChI=1S/C18H15ClN2O3/c1-24-17-16(20-14-8-7-12(19)9-15(14)21-17)10-13(18(22)23)11-5-3-2-4-6-11/h2-9,13H,10H2,1H3,(H,22,23). The number of benzene rings is 2. The number of fused-ring (bicyclic) bond motifs is 1. The summed E-state index contributed by atoms with van der Waals surface area (Å²) >= 11 is 5.97. The van der Waals surface area contributed by atoms with Gasteiger partial charge in [0.15, 0.2) is 0 Å². The minimum Gasteiger partial charge on any atom is -0.481 e. The third-order valence-electron chi connectivity index (χ3n) is 3.75. The average Bonchev–Trinajstić information content (AvgIpc) is 2.59. The fourth-order valence-corrected chi connectivity index (χ4v) is 2.74. The minimum absolute atomic E-state index is 0.189. The molecule has 2 aromatic carbocycles. The van der Waals surface area contributed by atoms with E-state index < -0.39 is 11.9 Å². The summed E-state index contributed by atoms with van der Waals surface area (Å²) in [6.45, 7) is 0. The molecule has 1 heterocycles. The molecule has 0 aliphatic carbocycles. The number of rotatable bonds is 5. The van der Waals surface area contributed by atoms with E-state index in [2.05, 4.69) is 9.97 Å². The van der Waals surface area contributed by atoms with Crippen LogP contribution in [0.1, 0.15) is 17.2 Å². The Labute approximate surface area is 143 Å². The van der Waals surface area contributed by atoms with Gasteiger partial charge in [-0.2, -0.15) is 0 Å². The van der Waals surface area contributed by atoms with Gasteiger partial charge in [0.1, 0.15) is 5.69 Å². The molecule has 0 bridgehead atoms. The summed E-state index contributed by atoms with van der Waals surface area (Å²) in [6.07, 6.45) is 0.189. The summed E-state index contributed by atoms with van der Waals surface area (Å²) < 4.78 is 5.30. The van der Waals surface area contributed by atoms with Gasteiger partial charge < -0.3 is 9.84 Å². The number of carbonyl (C=O) groups is 1. The zero-order chi connectivity index (χ0) is 17.1. The SMILES string of the molecule is COc1nc2cc(Cl)ccc2nc1CC(C(=O)O)c1ccccc1. The van der Waals surface area contributed by atoms with E-state index in [9.17, 15) is 9.90 Å². The molecule has 0 fully saturated rings. The van der Waals surface area contributed by atoms with Crippen molar-refractivity contribution in [3.8, 4) is 5.88 Å². The predicted molar refractivity (Wildman–Crippen MR) is 91.6 cm³/mol. The van der Waals surface area contributed by atoms with Crippen molar-refractivity contribution < 1.29 is 14.6 Å². The largest absolute Gasteiger partial charge is 0.481 e. The number of hydrogen-bond acceptors (Lipinski definition) is 4. The molecular formula is C18H15ClN2O3. The molecule has 6 heteroatoms. The van der Waals surface area contributed by atoms with Crippen LogP contribution in [0.4, 0.5) is 0 Å². The fraction of sp³-hybridized carbons (Fsp3) is 0.167. The molecule has 0 aliphatic heterocycles. The Morgan fingerprint density at radius 3 is 2.58 bits per heavy atom. The highest BCUT2D eigenvalue weighted by atomic mass is 35.5. The summed E-state index contributed by atoms with van der Waals surface area (Å²) in [7, 11) is 1.49. The third kappa shape index (κ3) is 3.31. The smallest absolute Gasteiger partial charge is 0.311 e. The molecule has 0 saturated heterocycles. The summed E-state index contributed by atoms with van der Waals surface area (Å²) in [6, 6.07) is 14.2. The van der Waals surface area contributed by atoms with Crippen molar-refractivity contribution in [2.24, 2.45) is 0 Å². The molecule has 1 atom stereocenters. The molecule has 0 spiro atoms. The van der Waals surface area contributed by atoms with Crippen LogP contribution in [-0.2, 0) is 11.2 Å². The van der Waals surface area contributed by atoms with Crippen LogP contribution in [0.25, 0.3) is 11.0 Å². The van der Waals surface area contributed by atoms with Crippen molar-refractivity contribution in [1.29, 1.82) is 0 Å². The second kappa shape index (κ2) is 6.84. The van der Waals surface area contributed by atoms with Gasteiger partial charge in [0.2, 0.25) is 5.88 Å². The zero-order valence-corrected chi connectivity index (χ0v) is 13.7. The molecule has 3 aromatic rings. The second-order valence-electron chi connectivity index (χ2n) is 5.32. The van der Waals surface area contributed by atoms with Gasteiger partial charge >= 0.3 is 5.97 Å². The third-order valence-corrected chi connectivity index (χ3v) is 3.99. The van der Waals surface area contributed by atoms with Crippen LogP contribution in [0.15, 0.2) is 48.5 Å². The van der Waals surface area contributed by atoms with Crippen LogP contribution in [0, 0.1) is 0 Å². The number of nitrogens with zero attached hydrogens (tertiary/aromatic N) is 2. The van der Waals surface area contributed by atoms with E-state index >= 15 is 0 Å². The maximum absolute atomic E-state index is 11.7. The first-order valence-electron chi connectivity index (χ1n) is 7.36. The van der Waals surface area contributed by atoms with E-state index in [0.717, 1.165) is 0 Å². The van der Waals surface area contributed by atoms with Crippen molar-refractivity contribution in [2.75, 3.05) is 7.11 Å². The molecule has 3 rings (SSSR count). The van der Waals surface area contributed by atoms with Gasteiger partial charge in [0.05, 0.1) is 24.1 Å². The van der Waals surface area contributed by atoms with E-state index in [1.807, 2.05) is 18.2 Å². The number of ether oxygens (including phenoxy) is 1. The number of carboxylic acids is 1. The molecule has 0 aliphatic rings. The van der Waals surface area contributed by atoms with Gasteiger partial charge in [-0.1, -0.05) is 41.9 Å². The molecule has 0 radical (unpaired) electrons. The first kappa shape index (κ1) is 16.2. The average molecular weight is 343 g/mol. The molecule has 1 aromatic heterocycles. The van der Waals surface area contributed by atoms with Crippen molar-refractivity contribution >= 4 is 28.6 Å². The van der Waals surface area contributed by atoms with Crippen molar-refractivity contribution in [2.45, 2.75) is 12.3 Å². The normalized spacial score (nSPS) is 12.1. The molecular weight excluding hydrogens is 328 g/mol. The van der Waals surface area contributed by atoms with Gasteiger partial charge in [-0.25, -0.2) is 9.97 Å². The maximum atomic E-state index is 11.7. The molecule has 0 amide bonds. The number of halogens is 1. The van der Waals surface area contributed by atoms with Gasteiger partial charge in [-0.05, 0) is 23.8 Å². The lowest BCUT2D eigenvalue weighted by molar-refractivity contribution is -0.138. The Balaban J connectivity index is 2.04. The van der Waals surface area contributed by atoms with Crippen LogP contribution in [-0.4, -0.2) is 28.2 Å². The summed E-state index contributed by atoms with van der Waals surface area (Å²) in [4.78, 5) is 20.6. The number of aliphatic carboxylic acids is 1. The van der Waals surface area contributed by atoms with Crippen molar-refractivity contribution in [3.63, 3.8) is 0 Å². The lowest BCUT2D eigenvalue weighted by Crippen LogP contribution is -2.16. The van der Waals surface area contributed by atoms with Crippen LogP contribution < -0.4 is 4.74 Å². The Hall–Kier alpha value is -2.66. The molecule has 5 nitrogen and oxygen atoms in total. The topological polar surface area (TPSA) is 72.3 Å². The van der Waals surface area contributed by atoms with Crippen LogP contribution in [0.3, 0.4) is 0 Å². The maximum Gasteiger partial charge on any atom is 0.311 e. The first-order chi connectivity index (χ1) is 11.6. The zero-order valence-electron chi connectivity index (χ0n) is 12.9. The van der Waals surface area contributed by atoms with Crippen LogP contribution >= 0.6 is 11.6 Å². The number of hydrogen-bond donors (Lipinski definition) is 1. The van der Waals surface area contributed by atoms with E-state index in [4.69, 9.17) is 16.3 Å². The lowest BCUT2D eigenvalue weighted by atomic mass is 9.94. The van der Waals surface area contributed by atoms with Crippen LogP contribution in [0.5, 0.6) is 5.88 Å². The number of aromatic nitrogens is 2. The molecule has 122 valence electrons. The number of carboxylic acid groups (broad SMARTS) is 1. The van der Waals surface area contributed by atoms with E-state index in [1.165, 1.54) is 7.11 Å².